The van der Waals surface area contributed by atoms with Crippen LogP contribution in [0.25, 0.3) is 0 Å². The van der Waals surface area contributed by atoms with Crippen LogP contribution in [0.4, 0.5) is 0 Å². The minimum Gasteiger partial charge on any atom is -0.319 e. The van der Waals surface area contributed by atoms with Crippen LogP contribution in [-0.2, 0) is 0 Å². The summed E-state index contributed by atoms with van der Waals surface area (Å²) in [5.41, 5.74) is 0.551. The van der Waals surface area contributed by atoms with E-state index in [1.807, 2.05) is 0 Å². The van der Waals surface area contributed by atoms with Gasteiger partial charge < -0.3 is 15.1 Å². The van der Waals surface area contributed by atoms with Crippen molar-refractivity contribution in [2.45, 2.75) is 45.4 Å². The number of rotatable bonds is 6. The monoisotopic (exact) mass is 295 g/mol. The van der Waals surface area contributed by atoms with Crippen molar-refractivity contribution in [2.24, 2.45) is 17.3 Å². The normalized spacial score (nSPS) is 32.7. The van der Waals surface area contributed by atoms with Crippen molar-refractivity contribution in [3.05, 3.63) is 0 Å². The highest BCUT2D eigenvalue weighted by atomic mass is 15.1. The number of nitrogens with zero attached hydrogens (tertiary/aromatic N) is 2. The van der Waals surface area contributed by atoms with Crippen molar-refractivity contribution in [2.75, 3.05) is 53.9 Å². The van der Waals surface area contributed by atoms with E-state index in [2.05, 4.69) is 43.2 Å². The Bertz CT molecular complexity index is 287. The van der Waals surface area contributed by atoms with Gasteiger partial charge in [-0.3, -0.25) is 0 Å². The number of piperidine rings is 1. The molecule has 1 saturated heterocycles. The van der Waals surface area contributed by atoms with Crippen LogP contribution in [0.15, 0.2) is 0 Å². The summed E-state index contributed by atoms with van der Waals surface area (Å²) in [5.74, 6) is 1.86. The first-order valence-electron chi connectivity index (χ1n) is 9.05. The van der Waals surface area contributed by atoms with Gasteiger partial charge in [0.25, 0.3) is 0 Å². The van der Waals surface area contributed by atoms with E-state index in [-0.39, 0.29) is 0 Å². The zero-order valence-corrected chi connectivity index (χ0v) is 14.8. The fourth-order valence-corrected chi connectivity index (χ4v) is 4.46. The van der Waals surface area contributed by atoms with E-state index in [1.54, 1.807) is 0 Å². The maximum Gasteiger partial charge on any atom is 0.00501 e. The molecule has 0 unspecified atom stereocenters. The summed E-state index contributed by atoms with van der Waals surface area (Å²) in [6, 6.07) is 0. The number of nitrogens with one attached hydrogen (secondary N) is 1. The van der Waals surface area contributed by atoms with E-state index >= 15 is 0 Å². The summed E-state index contributed by atoms with van der Waals surface area (Å²) in [6.45, 7) is 8.87. The van der Waals surface area contributed by atoms with Gasteiger partial charge in [-0.2, -0.15) is 0 Å². The molecule has 0 amide bonds. The first-order chi connectivity index (χ1) is 10.0. The molecule has 0 spiro atoms. The van der Waals surface area contributed by atoms with Gasteiger partial charge in [-0.1, -0.05) is 19.8 Å². The molecule has 0 aromatic heterocycles. The lowest BCUT2D eigenvalue weighted by Crippen LogP contribution is -2.48. The molecule has 0 atom stereocenters. The molecule has 1 N–H and O–H groups in total. The molecular weight excluding hydrogens is 258 g/mol. The van der Waals surface area contributed by atoms with Gasteiger partial charge in [0.2, 0.25) is 0 Å². The molecule has 124 valence electrons. The second-order valence-corrected chi connectivity index (χ2v) is 8.19. The summed E-state index contributed by atoms with van der Waals surface area (Å²) in [6.07, 6.45) is 8.49. The highest BCUT2D eigenvalue weighted by molar-refractivity contribution is 4.90. The lowest BCUT2D eigenvalue weighted by Gasteiger charge is -2.44. The zero-order valence-electron chi connectivity index (χ0n) is 14.8. The molecule has 2 aliphatic rings. The van der Waals surface area contributed by atoms with Crippen molar-refractivity contribution in [1.29, 1.82) is 0 Å². The van der Waals surface area contributed by atoms with Gasteiger partial charge in [-0.05, 0) is 77.2 Å². The standard InChI is InChI=1S/C18H37N3/c1-16-5-9-18(10-6-16,14-19-2)15-21-11-7-17(8-12-21)13-20(3)4/h16-17,19H,5-15H2,1-4H3. The van der Waals surface area contributed by atoms with E-state index in [4.69, 9.17) is 0 Å². The Kier molecular flexibility index (Phi) is 6.51. The van der Waals surface area contributed by atoms with Crippen molar-refractivity contribution >= 4 is 0 Å². The van der Waals surface area contributed by atoms with Gasteiger partial charge in [0.05, 0.1) is 0 Å². The molecule has 1 aliphatic carbocycles. The van der Waals surface area contributed by atoms with E-state index < -0.39 is 0 Å². The van der Waals surface area contributed by atoms with Crippen LogP contribution in [-0.4, -0.2) is 63.7 Å². The molecular formula is C18H37N3. The van der Waals surface area contributed by atoms with Crippen LogP contribution < -0.4 is 5.32 Å². The number of likely N-dealkylation sites (tertiary alicyclic amines) is 1. The first-order valence-corrected chi connectivity index (χ1v) is 9.05. The average molecular weight is 296 g/mol. The Morgan fingerprint density at radius 2 is 1.71 bits per heavy atom. The molecule has 0 aromatic rings. The van der Waals surface area contributed by atoms with Crippen LogP contribution in [0.2, 0.25) is 0 Å². The maximum absolute atomic E-state index is 3.48. The van der Waals surface area contributed by atoms with Gasteiger partial charge in [-0.25, -0.2) is 0 Å². The third kappa shape index (κ3) is 5.22. The van der Waals surface area contributed by atoms with Gasteiger partial charge in [0, 0.05) is 19.6 Å². The fraction of sp³-hybridized carbons (Fsp3) is 1.00. The average Bonchev–Trinajstić information content (AvgIpc) is 2.44. The van der Waals surface area contributed by atoms with Crippen molar-refractivity contribution in [1.82, 2.24) is 15.1 Å². The van der Waals surface area contributed by atoms with Crippen LogP contribution in [0.3, 0.4) is 0 Å². The minimum absolute atomic E-state index is 0.551. The molecule has 2 fully saturated rings. The van der Waals surface area contributed by atoms with E-state index in [0.29, 0.717) is 5.41 Å². The van der Waals surface area contributed by atoms with Crippen LogP contribution >= 0.6 is 0 Å². The first kappa shape index (κ1) is 17.2. The molecule has 3 nitrogen and oxygen atoms in total. The highest BCUT2D eigenvalue weighted by Crippen LogP contribution is 2.39. The number of hydrogen-bond acceptors (Lipinski definition) is 3. The zero-order chi connectivity index (χ0) is 15.3. The molecule has 0 aromatic carbocycles. The summed E-state index contributed by atoms with van der Waals surface area (Å²) < 4.78 is 0. The van der Waals surface area contributed by atoms with E-state index in [9.17, 15) is 0 Å². The van der Waals surface area contributed by atoms with Crippen LogP contribution in [0, 0.1) is 17.3 Å². The SMILES string of the molecule is CNCC1(CN2CCC(CN(C)C)CC2)CCC(C)CC1. The quantitative estimate of drug-likeness (QED) is 0.813. The molecule has 3 heteroatoms. The highest BCUT2D eigenvalue weighted by Gasteiger charge is 2.36. The van der Waals surface area contributed by atoms with Crippen molar-refractivity contribution < 1.29 is 0 Å². The Morgan fingerprint density at radius 3 is 2.24 bits per heavy atom. The van der Waals surface area contributed by atoms with Crippen molar-refractivity contribution in [3.63, 3.8) is 0 Å². The predicted molar refractivity (Wildman–Crippen MR) is 91.7 cm³/mol. The molecule has 0 bridgehead atoms. The lowest BCUT2D eigenvalue weighted by atomic mass is 9.70. The van der Waals surface area contributed by atoms with Crippen molar-refractivity contribution in [3.8, 4) is 0 Å². The summed E-state index contributed by atoms with van der Waals surface area (Å²) in [7, 11) is 6.54. The molecule has 1 saturated carbocycles. The van der Waals surface area contributed by atoms with Crippen LogP contribution in [0.5, 0.6) is 0 Å². The second-order valence-electron chi connectivity index (χ2n) is 8.19. The van der Waals surface area contributed by atoms with E-state index in [0.717, 1.165) is 11.8 Å². The summed E-state index contributed by atoms with van der Waals surface area (Å²) in [4.78, 5) is 5.12. The Hall–Kier alpha value is -0.120. The Balaban J connectivity index is 1.82. The summed E-state index contributed by atoms with van der Waals surface area (Å²) >= 11 is 0. The fourth-order valence-electron chi connectivity index (χ4n) is 4.46. The predicted octanol–water partition coefficient (Wildman–Crippen LogP) is 2.68. The Labute approximate surface area is 132 Å². The van der Waals surface area contributed by atoms with E-state index in [1.165, 1.54) is 71.2 Å². The summed E-state index contributed by atoms with van der Waals surface area (Å²) in [5, 5.41) is 3.48. The lowest BCUT2D eigenvalue weighted by molar-refractivity contribution is 0.0643. The molecule has 2 rings (SSSR count). The molecule has 0 radical (unpaired) electrons. The van der Waals surface area contributed by atoms with Gasteiger partial charge in [0.1, 0.15) is 0 Å². The maximum atomic E-state index is 3.48. The third-order valence-corrected chi connectivity index (χ3v) is 5.78. The topological polar surface area (TPSA) is 18.5 Å². The third-order valence-electron chi connectivity index (χ3n) is 5.78. The number of hydrogen-bond donors (Lipinski definition) is 1. The largest absolute Gasteiger partial charge is 0.319 e. The minimum atomic E-state index is 0.551. The molecule has 21 heavy (non-hydrogen) atoms. The van der Waals surface area contributed by atoms with Gasteiger partial charge in [-0.15, -0.1) is 0 Å². The van der Waals surface area contributed by atoms with Crippen LogP contribution in [0.1, 0.15) is 45.4 Å². The molecule has 1 heterocycles. The van der Waals surface area contributed by atoms with Gasteiger partial charge >= 0.3 is 0 Å². The smallest absolute Gasteiger partial charge is 0.00501 e. The second kappa shape index (κ2) is 7.94. The van der Waals surface area contributed by atoms with Gasteiger partial charge in [0.15, 0.2) is 0 Å². The molecule has 1 aliphatic heterocycles. The Morgan fingerprint density at radius 1 is 1.10 bits per heavy atom.